The lowest BCUT2D eigenvalue weighted by Crippen LogP contribution is -3.11. The van der Waals surface area contributed by atoms with Crippen LogP contribution in [-0.4, -0.2) is 13.1 Å². The molecule has 1 saturated heterocycles. The van der Waals surface area contributed by atoms with E-state index < -0.39 is 0 Å². The Morgan fingerprint density at radius 1 is 1.14 bits per heavy atom. The molecule has 0 radical (unpaired) electrons. The van der Waals surface area contributed by atoms with E-state index in [0.29, 0.717) is 0 Å². The summed E-state index contributed by atoms with van der Waals surface area (Å²) in [5.41, 5.74) is 1.48. The molecule has 1 heteroatoms. The van der Waals surface area contributed by atoms with Crippen LogP contribution in [0.25, 0.3) is 0 Å². The number of benzene rings is 1. The molecule has 2 rings (SSSR count). The highest BCUT2D eigenvalue weighted by molar-refractivity contribution is 5.13. The van der Waals surface area contributed by atoms with Crippen molar-refractivity contribution >= 4 is 0 Å². The molecule has 1 heterocycles. The van der Waals surface area contributed by atoms with Gasteiger partial charge in [0.2, 0.25) is 0 Å². The molecule has 14 heavy (non-hydrogen) atoms. The van der Waals surface area contributed by atoms with E-state index in [9.17, 15) is 0 Å². The molecule has 0 bridgehead atoms. The summed E-state index contributed by atoms with van der Waals surface area (Å²) < 4.78 is 0. The van der Waals surface area contributed by atoms with E-state index >= 15 is 0 Å². The van der Waals surface area contributed by atoms with Gasteiger partial charge in [-0.15, -0.1) is 0 Å². The highest BCUT2D eigenvalue weighted by Gasteiger charge is 2.18. The smallest absolute Gasteiger partial charge is 0.103 e. The monoisotopic (exact) mass is 190 g/mol. The Kier molecular flexibility index (Phi) is 3.20. The van der Waals surface area contributed by atoms with E-state index in [2.05, 4.69) is 37.3 Å². The first-order valence-corrected chi connectivity index (χ1v) is 5.72. The molecule has 1 aromatic rings. The molecule has 0 saturated carbocycles. The van der Waals surface area contributed by atoms with E-state index in [-0.39, 0.29) is 0 Å². The summed E-state index contributed by atoms with van der Waals surface area (Å²) in [4.78, 5) is 1.76. The van der Waals surface area contributed by atoms with Crippen LogP contribution >= 0.6 is 0 Å². The van der Waals surface area contributed by atoms with Crippen molar-refractivity contribution < 1.29 is 4.90 Å². The number of quaternary nitrogens is 1. The van der Waals surface area contributed by atoms with Crippen LogP contribution < -0.4 is 4.90 Å². The summed E-state index contributed by atoms with van der Waals surface area (Å²) in [5.74, 6) is 0.953. The summed E-state index contributed by atoms with van der Waals surface area (Å²) in [6.45, 7) is 6.30. The molecular formula is C13H20N+. The van der Waals surface area contributed by atoms with Crippen molar-refractivity contribution in [1.82, 2.24) is 0 Å². The average Bonchev–Trinajstić information content (AvgIpc) is 2.23. The van der Waals surface area contributed by atoms with E-state index in [4.69, 9.17) is 0 Å². The maximum absolute atomic E-state index is 2.37. The third-order valence-electron chi connectivity index (χ3n) is 3.28. The van der Waals surface area contributed by atoms with Gasteiger partial charge in [-0.05, 0) is 18.8 Å². The topological polar surface area (TPSA) is 4.44 Å². The van der Waals surface area contributed by atoms with Crippen molar-refractivity contribution in [2.24, 2.45) is 5.92 Å². The molecule has 0 amide bonds. The molecule has 0 aliphatic carbocycles. The standard InChI is InChI=1S/C13H19N/c1-12-7-9-14(10-8-12)11-13-5-3-2-4-6-13/h2-6,12H,7-11H2,1H3/p+1. The lowest BCUT2D eigenvalue weighted by atomic mass is 9.99. The minimum Gasteiger partial charge on any atom is -0.331 e. The zero-order chi connectivity index (χ0) is 9.80. The largest absolute Gasteiger partial charge is 0.331 e. The lowest BCUT2D eigenvalue weighted by Gasteiger charge is -2.27. The quantitative estimate of drug-likeness (QED) is 0.721. The molecule has 1 aromatic carbocycles. The van der Waals surface area contributed by atoms with Crippen molar-refractivity contribution in [2.75, 3.05) is 13.1 Å². The molecule has 0 unspecified atom stereocenters. The Hall–Kier alpha value is -0.820. The van der Waals surface area contributed by atoms with Gasteiger partial charge in [0, 0.05) is 5.56 Å². The van der Waals surface area contributed by atoms with Gasteiger partial charge in [-0.1, -0.05) is 37.3 Å². The van der Waals surface area contributed by atoms with Gasteiger partial charge >= 0.3 is 0 Å². The zero-order valence-electron chi connectivity index (χ0n) is 9.00. The van der Waals surface area contributed by atoms with Gasteiger partial charge in [0.25, 0.3) is 0 Å². The summed E-state index contributed by atoms with van der Waals surface area (Å²) in [6.07, 6.45) is 2.81. The molecule has 1 aliphatic heterocycles. The Balaban J connectivity index is 1.87. The summed E-state index contributed by atoms with van der Waals surface area (Å²) in [5, 5.41) is 0. The Morgan fingerprint density at radius 2 is 1.79 bits per heavy atom. The van der Waals surface area contributed by atoms with Crippen LogP contribution in [-0.2, 0) is 6.54 Å². The minimum atomic E-state index is 0.953. The molecule has 1 nitrogen and oxygen atoms in total. The van der Waals surface area contributed by atoms with E-state index in [1.165, 1.54) is 38.0 Å². The second-order valence-corrected chi connectivity index (χ2v) is 4.59. The predicted molar refractivity (Wildman–Crippen MR) is 59.2 cm³/mol. The maximum Gasteiger partial charge on any atom is 0.103 e. The molecule has 0 atom stereocenters. The first-order chi connectivity index (χ1) is 6.84. The average molecular weight is 190 g/mol. The molecule has 76 valence electrons. The fraction of sp³-hybridized carbons (Fsp3) is 0.538. The van der Waals surface area contributed by atoms with Crippen molar-refractivity contribution in [3.8, 4) is 0 Å². The Bertz CT molecular complexity index is 260. The maximum atomic E-state index is 2.37. The highest BCUT2D eigenvalue weighted by Crippen LogP contribution is 2.07. The van der Waals surface area contributed by atoms with Gasteiger partial charge < -0.3 is 4.90 Å². The molecule has 1 fully saturated rings. The predicted octanol–water partition coefficient (Wildman–Crippen LogP) is 1.50. The number of nitrogens with one attached hydrogen (secondary N) is 1. The third-order valence-corrected chi connectivity index (χ3v) is 3.28. The molecule has 1 aliphatic rings. The number of hydrogen-bond acceptors (Lipinski definition) is 0. The van der Waals surface area contributed by atoms with Gasteiger partial charge in [-0.25, -0.2) is 0 Å². The van der Waals surface area contributed by atoms with Gasteiger partial charge in [0.1, 0.15) is 6.54 Å². The fourth-order valence-corrected chi connectivity index (χ4v) is 2.23. The summed E-state index contributed by atoms with van der Waals surface area (Å²) >= 11 is 0. The fourth-order valence-electron chi connectivity index (χ4n) is 2.23. The van der Waals surface area contributed by atoms with Crippen LogP contribution in [0.3, 0.4) is 0 Å². The van der Waals surface area contributed by atoms with Gasteiger partial charge in [-0.3, -0.25) is 0 Å². The van der Waals surface area contributed by atoms with Gasteiger partial charge in [-0.2, -0.15) is 0 Å². The van der Waals surface area contributed by atoms with E-state index in [1.807, 2.05) is 0 Å². The highest BCUT2D eigenvalue weighted by atomic mass is 15.1. The van der Waals surface area contributed by atoms with Crippen LogP contribution in [0.4, 0.5) is 0 Å². The minimum absolute atomic E-state index is 0.953. The molecule has 1 N–H and O–H groups in total. The van der Waals surface area contributed by atoms with Crippen LogP contribution in [0.5, 0.6) is 0 Å². The molecule has 0 spiro atoms. The van der Waals surface area contributed by atoms with Crippen LogP contribution in [0.15, 0.2) is 30.3 Å². The molecular weight excluding hydrogens is 170 g/mol. The van der Waals surface area contributed by atoms with Crippen molar-refractivity contribution in [3.63, 3.8) is 0 Å². The second kappa shape index (κ2) is 4.61. The van der Waals surface area contributed by atoms with E-state index in [0.717, 1.165) is 5.92 Å². The summed E-state index contributed by atoms with van der Waals surface area (Å²) in [6, 6.07) is 10.9. The molecule has 0 aromatic heterocycles. The van der Waals surface area contributed by atoms with Gasteiger partial charge in [0.05, 0.1) is 13.1 Å². The SMILES string of the molecule is CC1CC[NH+](Cc2ccccc2)CC1. The second-order valence-electron chi connectivity index (χ2n) is 4.59. The van der Waals surface area contributed by atoms with Gasteiger partial charge in [0.15, 0.2) is 0 Å². The number of rotatable bonds is 2. The van der Waals surface area contributed by atoms with E-state index in [1.54, 1.807) is 4.90 Å². The van der Waals surface area contributed by atoms with Crippen LogP contribution in [0, 0.1) is 5.92 Å². The van der Waals surface area contributed by atoms with Crippen LogP contribution in [0.2, 0.25) is 0 Å². The lowest BCUT2D eigenvalue weighted by molar-refractivity contribution is -0.919. The number of likely N-dealkylation sites (tertiary alicyclic amines) is 1. The third kappa shape index (κ3) is 2.58. The first kappa shape index (κ1) is 9.72. The Morgan fingerprint density at radius 3 is 2.43 bits per heavy atom. The van der Waals surface area contributed by atoms with Crippen LogP contribution in [0.1, 0.15) is 25.3 Å². The number of piperidine rings is 1. The number of hydrogen-bond donors (Lipinski definition) is 1. The van der Waals surface area contributed by atoms with Crippen molar-refractivity contribution in [1.29, 1.82) is 0 Å². The first-order valence-electron chi connectivity index (χ1n) is 5.72. The van der Waals surface area contributed by atoms with Crippen molar-refractivity contribution in [2.45, 2.75) is 26.3 Å². The zero-order valence-corrected chi connectivity index (χ0v) is 9.00. The Labute approximate surface area is 86.7 Å². The summed E-state index contributed by atoms with van der Waals surface area (Å²) in [7, 11) is 0. The van der Waals surface area contributed by atoms with Crippen molar-refractivity contribution in [3.05, 3.63) is 35.9 Å². The normalized spacial score (nSPS) is 27.5.